The Bertz CT molecular complexity index is 1200. The van der Waals surface area contributed by atoms with Gasteiger partial charge in [-0.05, 0) is 38.5 Å². The molecule has 2 aromatic heterocycles. The SMILES string of the molecule is CCc1cc(C(=O)N2CCOCC2c2c(C)nn(-c3cccc(OC)c3)c2C)cc(=O)[nH]1. The molecule has 1 aliphatic rings. The molecular formula is C24H28N4O4. The minimum Gasteiger partial charge on any atom is -0.497 e. The van der Waals surface area contributed by atoms with Crippen LogP contribution < -0.4 is 10.3 Å². The minimum absolute atomic E-state index is 0.174. The van der Waals surface area contributed by atoms with Gasteiger partial charge in [0.05, 0.1) is 37.7 Å². The Labute approximate surface area is 186 Å². The number of aryl methyl sites for hydroxylation is 2. The number of methoxy groups -OCH3 is 1. The average molecular weight is 437 g/mol. The van der Waals surface area contributed by atoms with Gasteiger partial charge in [0.1, 0.15) is 5.75 Å². The predicted octanol–water partition coefficient (Wildman–Crippen LogP) is 2.96. The first-order valence-electron chi connectivity index (χ1n) is 10.8. The van der Waals surface area contributed by atoms with Crippen molar-refractivity contribution in [2.75, 3.05) is 26.9 Å². The highest BCUT2D eigenvalue weighted by Crippen LogP contribution is 2.32. The molecule has 0 saturated carbocycles. The van der Waals surface area contributed by atoms with Gasteiger partial charge in [0.2, 0.25) is 5.56 Å². The molecule has 1 aliphatic heterocycles. The van der Waals surface area contributed by atoms with E-state index in [1.165, 1.54) is 6.07 Å². The van der Waals surface area contributed by atoms with E-state index in [1.54, 1.807) is 18.1 Å². The number of ether oxygens (including phenoxy) is 2. The van der Waals surface area contributed by atoms with E-state index in [1.807, 2.05) is 49.7 Å². The molecule has 0 radical (unpaired) electrons. The maximum atomic E-state index is 13.5. The zero-order valence-electron chi connectivity index (χ0n) is 18.8. The van der Waals surface area contributed by atoms with Crippen LogP contribution >= 0.6 is 0 Å². The summed E-state index contributed by atoms with van der Waals surface area (Å²) < 4.78 is 13.0. The summed E-state index contributed by atoms with van der Waals surface area (Å²) in [7, 11) is 1.63. The number of morpholine rings is 1. The summed E-state index contributed by atoms with van der Waals surface area (Å²) in [6.07, 6.45) is 0.647. The Hall–Kier alpha value is -3.39. The van der Waals surface area contributed by atoms with Gasteiger partial charge in [0.15, 0.2) is 0 Å². The molecule has 0 spiro atoms. The first-order valence-corrected chi connectivity index (χ1v) is 10.8. The number of rotatable bonds is 5. The minimum atomic E-state index is -0.292. The molecule has 3 aromatic rings. The lowest BCUT2D eigenvalue weighted by Crippen LogP contribution is -2.44. The van der Waals surface area contributed by atoms with Crippen LogP contribution in [0.25, 0.3) is 5.69 Å². The maximum absolute atomic E-state index is 13.5. The lowest BCUT2D eigenvalue weighted by Gasteiger charge is -2.36. The summed E-state index contributed by atoms with van der Waals surface area (Å²) >= 11 is 0. The van der Waals surface area contributed by atoms with Crippen LogP contribution in [0, 0.1) is 13.8 Å². The molecular weight excluding hydrogens is 408 g/mol. The van der Waals surface area contributed by atoms with Gasteiger partial charge in [-0.3, -0.25) is 9.59 Å². The van der Waals surface area contributed by atoms with Gasteiger partial charge in [-0.2, -0.15) is 5.10 Å². The molecule has 1 unspecified atom stereocenters. The largest absolute Gasteiger partial charge is 0.497 e. The number of nitrogens with zero attached hydrogens (tertiary/aromatic N) is 3. The molecule has 1 fully saturated rings. The Kier molecular flexibility index (Phi) is 6.14. The van der Waals surface area contributed by atoms with E-state index < -0.39 is 0 Å². The number of pyridine rings is 1. The van der Waals surface area contributed by atoms with Crippen LogP contribution in [-0.2, 0) is 11.2 Å². The molecule has 4 rings (SSSR count). The monoisotopic (exact) mass is 436 g/mol. The van der Waals surface area contributed by atoms with Crippen LogP contribution in [0.4, 0.5) is 0 Å². The second-order valence-electron chi connectivity index (χ2n) is 7.90. The Morgan fingerprint density at radius 1 is 1.28 bits per heavy atom. The van der Waals surface area contributed by atoms with Crippen molar-refractivity contribution >= 4 is 5.91 Å². The van der Waals surface area contributed by atoms with Gasteiger partial charge in [-0.25, -0.2) is 4.68 Å². The Morgan fingerprint density at radius 2 is 2.09 bits per heavy atom. The molecule has 1 N–H and O–H groups in total. The predicted molar refractivity (Wildman–Crippen MR) is 121 cm³/mol. The van der Waals surface area contributed by atoms with Gasteiger partial charge < -0.3 is 19.4 Å². The van der Waals surface area contributed by atoms with Crippen LogP contribution in [0.5, 0.6) is 5.75 Å². The average Bonchev–Trinajstić information content (AvgIpc) is 3.11. The Balaban J connectivity index is 1.73. The first-order chi connectivity index (χ1) is 15.4. The molecule has 1 aromatic carbocycles. The quantitative estimate of drug-likeness (QED) is 0.664. The van der Waals surface area contributed by atoms with Crippen molar-refractivity contribution in [3.63, 3.8) is 0 Å². The molecule has 32 heavy (non-hydrogen) atoms. The van der Waals surface area contributed by atoms with Crippen molar-refractivity contribution in [2.45, 2.75) is 33.2 Å². The number of amides is 1. The fraction of sp³-hybridized carbons (Fsp3) is 0.375. The van der Waals surface area contributed by atoms with E-state index in [0.717, 1.165) is 34.1 Å². The van der Waals surface area contributed by atoms with Crippen molar-refractivity contribution in [3.05, 3.63) is 75.0 Å². The van der Waals surface area contributed by atoms with Crippen LogP contribution in [-0.4, -0.2) is 52.4 Å². The lowest BCUT2D eigenvalue weighted by molar-refractivity contribution is -0.00305. The number of carbonyl (C=O) groups is 1. The molecule has 1 saturated heterocycles. The number of nitrogens with one attached hydrogen (secondary N) is 1. The second kappa shape index (κ2) is 9.00. The van der Waals surface area contributed by atoms with E-state index in [0.29, 0.717) is 31.7 Å². The highest BCUT2D eigenvalue weighted by Gasteiger charge is 2.33. The zero-order valence-corrected chi connectivity index (χ0v) is 18.8. The number of hydrogen-bond acceptors (Lipinski definition) is 5. The molecule has 8 heteroatoms. The normalized spacial score (nSPS) is 16.2. The van der Waals surface area contributed by atoms with E-state index in [2.05, 4.69) is 4.98 Å². The topological polar surface area (TPSA) is 89.4 Å². The van der Waals surface area contributed by atoms with Gasteiger partial charge in [0, 0.05) is 41.2 Å². The number of hydrogen-bond donors (Lipinski definition) is 1. The van der Waals surface area contributed by atoms with Gasteiger partial charge in [-0.15, -0.1) is 0 Å². The Morgan fingerprint density at radius 3 is 2.84 bits per heavy atom. The van der Waals surface area contributed by atoms with Crippen molar-refractivity contribution in [3.8, 4) is 11.4 Å². The van der Waals surface area contributed by atoms with Gasteiger partial charge >= 0.3 is 0 Å². The van der Waals surface area contributed by atoms with E-state index in [4.69, 9.17) is 14.6 Å². The maximum Gasteiger partial charge on any atom is 0.254 e. The number of aromatic nitrogens is 3. The molecule has 0 aliphatic carbocycles. The van der Waals surface area contributed by atoms with Crippen LogP contribution in [0.1, 0.15) is 46.0 Å². The third kappa shape index (κ3) is 4.05. The highest BCUT2D eigenvalue weighted by molar-refractivity contribution is 5.94. The summed E-state index contributed by atoms with van der Waals surface area (Å²) in [6.45, 7) is 7.15. The number of aromatic amines is 1. The third-order valence-electron chi connectivity index (χ3n) is 5.90. The smallest absolute Gasteiger partial charge is 0.254 e. The molecule has 0 bridgehead atoms. The van der Waals surface area contributed by atoms with Crippen molar-refractivity contribution in [1.82, 2.24) is 19.7 Å². The van der Waals surface area contributed by atoms with Crippen LogP contribution in [0.2, 0.25) is 0 Å². The number of benzene rings is 1. The summed E-state index contributed by atoms with van der Waals surface area (Å²) in [5.41, 5.74) is 4.48. The fourth-order valence-electron chi connectivity index (χ4n) is 4.30. The summed E-state index contributed by atoms with van der Waals surface area (Å²) in [4.78, 5) is 30.1. The van der Waals surface area contributed by atoms with E-state index >= 15 is 0 Å². The highest BCUT2D eigenvalue weighted by atomic mass is 16.5. The van der Waals surface area contributed by atoms with E-state index in [-0.39, 0.29) is 17.5 Å². The molecule has 1 amide bonds. The first kappa shape index (κ1) is 21.8. The van der Waals surface area contributed by atoms with Gasteiger partial charge in [0.25, 0.3) is 5.91 Å². The van der Waals surface area contributed by atoms with Crippen molar-refractivity contribution in [2.24, 2.45) is 0 Å². The van der Waals surface area contributed by atoms with E-state index in [9.17, 15) is 9.59 Å². The molecule has 1 atom stereocenters. The molecule has 8 nitrogen and oxygen atoms in total. The fourth-order valence-corrected chi connectivity index (χ4v) is 4.30. The number of carbonyl (C=O) groups excluding carboxylic acids is 1. The molecule has 168 valence electrons. The standard InChI is InChI=1S/C24H28N4O4/c1-5-18-11-17(12-22(29)25-18)24(30)27-9-10-32-14-21(27)23-15(2)26-28(16(23)3)19-7-6-8-20(13-19)31-4/h6-8,11-13,21H,5,9-10,14H2,1-4H3,(H,25,29). The third-order valence-corrected chi connectivity index (χ3v) is 5.90. The summed E-state index contributed by atoms with van der Waals surface area (Å²) in [5.74, 6) is 0.572. The van der Waals surface area contributed by atoms with Crippen molar-refractivity contribution in [1.29, 1.82) is 0 Å². The lowest BCUT2D eigenvalue weighted by atomic mass is 10.0. The molecule has 3 heterocycles. The van der Waals surface area contributed by atoms with Gasteiger partial charge in [-0.1, -0.05) is 13.0 Å². The zero-order chi connectivity index (χ0) is 22.8. The number of H-pyrrole nitrogens is 1. The summed E-state index contributed by atoms with van der Waals surface area (Å²) in [5, 5.41) is 4.75. The van der Waals surface area contributed by atoms with Crippen LogP contribution in [0.15, 0.2) is 41.2 Å². The van der Waals surface area contributed by atoms with Crippen molar-refractivity contribution < 1.29 is 14.3 Å². The summed E-state index contributed by atoms with van der Waals surface area (Å²) in [6, 6.07) is 10.5. The second-order valence-corrected chi connectivity index (χ2v) is 7.90. The van der Waals surface area contributed by atoms with Crippen LogP contribution in [0.3, 0.4) is 0 Å².